The molecule has 3 aromatic carbocycles. The highest BCUT2D eigenvalue weighted by Crippen LogP contribution is 2.37. The highest BCUT2D eigenvalue weighted by Gasteiger charge is 2.20. The van der Waals surface area contributed by atoms with Gasteiger partial charge in [-0.15, -0.1) is 0 Å². The van der Waals surface area contributed by atoms with Gasteiger partial charge in [0.15, 0.2) is 5.76 Å². The van der Waals surface area contributed by atoms with Crippen LogP contribution in [0.1, 0.15) is 22.5 Å². The Balaban J connectivity index is 1.51. The molecule has 0 atom stereocenters. The minimum atomic E-state index is 0.568. The zero-order valence-corrected chi connectivity index (χ0v) is 15.6. The van der Waals surface area contributed by atoms with Crippen LogP contribution in [0.25, 0.3) is 23.4 Å². The van der Waals surface area contributed by atoms with Crippen LogP contribution in [0.2, 0.25) is 0 Å². The second kappa shape index (κ2) is 7.14. The van der Waals surface area contributed by atoms with Crippen molar-refractivity contribution in [2.24, 2.45) is 0 Å². The Labute approximate surface area is 168 Å². The maximum atomic E-state index is 8.97. The van der Waals surface area contributed by atoms with E-state index < -0.39 is 0 Å². The third-order valence-electron chi connectivity index (χ3n) is 5.08. The van der Waals surface area contributed by atoms with Crippen molar-refractivity contribution in [2.75, 3.05) is 4.90 Å². The largest absolute Gasteiger partial charge is 0.359 e. The van der Waals surface area contributed by atoms with Crippen LogP contribution in [0.3, 0.4) is 0 Å². The molecule has 138 valence electrons. The third-order valence-corrected chi connectivity index (χ3v) is 5.08. The average Bonchev–Trinajstić information content (AvgIpc) is 3.19. The summed E-state index contributed by atoms with van der Waals surface area (Å²) >= 11 is 0. The Morgan fingerprint density at radius 3 is 2.07 bits per heavy atom. The van der Waals surface area contributed by atoms with E-state index in [1.165, 1.54) is 0 Å². The van der Waals surface area contributed by atoms with Gasteiger partial charge in [-0.25, -0.2) is 0 Å². The van der Waals surface area contributed by atoms with Gasteiger partial charge in [-0.05, 0) is 35.4 Å². The molecule has 1 aliphatic heterocycles. The molecule has 1 aromatic heterocycles. The molecule has 0 N–H and O–H groups in total. The van der Waals surface area contributed by atoms with Crippen molar-refractivity contribution in [1.29, 1.82) is 5.26 Å². The lowest BCUT2D eigenvalue weighted by Gasteiger charge is -2.25. The van der Waals surface area contributed by atoms with Gasteiger partial charge in [-0.2, -0.15) is 5.26 Å². The molecule has 5 rings (SSSR count). The fourth-order valence-electron chi connectivity index (χ4n) is 3.62. The molecule has 0 amide bonds. The molecule has 0 bridgehead atoms. The predicted molar refractivity (Wildman–Crippen MR) is 114 cm³/mol. The van der Waals surface area contributed by atoms with Crippen molar-refractivity contribution in [3.05, 3.63) is 101 Å². The number of benzene rings is 3. The SMILES string of the molecule is N#Cc1ccc(-c2cc(CN3c4ccccc4C=Cc4ccccc43)on2)cc1. The summed E-state index contributed by atoms with van der Waals surface area (Å²) in [5, 5.41) is 13.2. The van der Waals surface area contributed by atoms with Crippen LogP contribution in [-0.2, 0) is 6.54 Å². The first-order valence-electron chi connectivity index (χ1n) is 9.42. The zero-order valence-electron chi connectivity index (χ0n) is 15.6. The van der Waals surface area contributed by atoms with Crippen molar-refractivity contribution < 1.29 is 4.52 Å². The van der Waals surface area contributed by atoms with Crippen LogP contribution in [0.4, 0.5) is 11.4 Å². The monoisotopic (exact) mass is 375 g/mol. The summed E-state index contributed by atoms with van der Waals surface area (Å²) < 4.78 is 5.67. The summed E-state index contributed by atoms with van der Waals surface area (Å²) in [6, 6.07) is 28.1. The molecule has 0 saturated carbocycles. The molecule has 0 fully saturated rings. The maximum absolute atomic E-state index is 8.97. The van der Waals surface area contributed by atoms with E-state index in [-0.39, 0.29) is 0 Å². The summed E-state index contributed by atoms with van der Waals surface area (Å²) in [5.41, 5.74) is 6.90. The normalized spacial score (nSPS) is 12.0. The summed E-state index contributed by atoms with van der Waals surface area (Å²) in [7, 11) is 0. The lowest BCUT2D eigenvalue weighted by molar-refractivity contribution is 0.386. The number of fused-ring (bicyclic) bond motifs is 2. The van der Waals surface area contributed by atoms with E-state index in [1.54, 1.807) is 12.1 Å². The van der Waals surface area contributed by atoms with Crippen molar-refractivity contribution in [3.8, 4) is 17.3 Å². The summed E-state index contributed by atoms with van der Waals surface area (Å²) in [6.07, 6.45) is 4.30. The summed E-state index contributed by atoms with van der Waals surface area (Å²) in [4.78, 5) is 2.26. The van der Waals surface area contributed by atoms with Crippen molar-refractivity contribution in [2.45, 2.75) is 6.54 Å². The summed E-state index contributed by atoms with van der Waals surface area (Å²) in [5.74, 6) is 0.774. The Morgan fingerprint density at radius 1 is 0.828 bits per heavy atom. The standard InChI is InChI=1S/C25H17N3O/c26-16-18-9-11-19(12-10-18)23-15-22(29-27-23)17-28-24-7-3-1-5-20(24)13-14-21-6-2-4-8-25(21)28/h1-15H,17H2. The molecule has 0 saturated heterocycles. The molecule has 0 unspecified atom stereocenters. The zero-order chi connectivity index (χ0) is 19.6. The number of aromatic nitrogens is 1. The highest BCUT2D eigenvalue weighted by atomic mass is 16.5. The number of nitriles is 1. The van der Waals surface area contributed by atoms with Crippen molar-refractivity contribution in [3.63, 3.8) is 0 Å². The second-order valence-electron chi connectivity index (χ2n) is 6.90. The van der Waals surface area contributed by atoms with Crippen LogP contribution in [-0.4, -0.2) is 5.16 Å². The maximum Gasteiger partial charge on any atom is 0.157 e. The van der Waals surface area contributed by atoms with Gasteiger partial charge in [0.25, 0.3) is 0 Å². The van der Waals surface area contributed by atoms with E-state index in [9.17, 15) is 0 Å². The summed E-state index contributed by atoms with van der Waals surface area (Å²) in [6.45, 7) is 0.568. The van der Waals surface area contributed by atoms with E-state index in [0.717, 1.165) is 39.5 Å². The minimum absolute atomic E-state index is 0.568. The molecule has 4 nitrogen and oxygen atoms in total. The van der Waals surface area contributed by atoms with E-state index >= 15 is 0 Å². The Kier molecular flexibility index (Phi) is 4.19. The van der Waals surface area contributed by atoms with Crippen LogP contribution in [0, 0.1) is 11.3 Å². The van der Waals surface area contributed by atoms with E-state index in [4.69, 9.17) is 9.78 Å². The molecule has 4 heteroatoms. The van der Waals surface area contributed by atoms with Gasteiger partial charge in [0.1, 0.15) is 5.69 Å². The lowest BCUT2D eigenvalue weighted by atomic mass is 10.1. The lowest BCUT2D eigenvalue weighted by Crippen LogP contribution is -2.17. The molecular formula is C25H17N3O. The van der Waals surface area contributed by atoms with Crippen LogP contribution in [0.5, 0.6) is 0 Å². The van der Waals surface area contributed by atoms with Gasteiger partial charge < -0.3 is 9.42 Å². The van der Waals surface area contributed by atoms with Crippen LogP contribution < -0.4 is 4.90 Å². The Bertz CT molecular complexity index is 1200. The second-order valence-corrected chi connectivity index (χ2v) is 6.90. The molecule has 2 heterocycles. The number of hydrogen-bond acceptors (Lipinski definition) is 4. The first-order chi connectivity index (χ1) is 14.3. The molecule has 1 aliphatic rings. The van der Waals surface area contributed by atoms with E-state index in [2.05, 4.69) is 76.8 Å². The van der Waals surface area contributed by atoms with Gasteiger partial charge >= 0.3 is 0 Å². The molecule has 0 spiro atoms. The van der Waals surface area contributed by atoms with Crippen LogP contribution >= 0.6 is 0 Å². The van der Waals surface area contributed by atoms with Gasteiger partial charge in [-0.1, -0.05) is 65.8 Å². The number of anilines is 2. The van der Waals surface area contributed by atoms with Crippen molar-refractivity contribution >= 4 is 23.5 Å². The van der Waals surface area contributed by atoms with Gasteiger partial charge in [0.05, 0.1) is 18.2 Å². The topological polar surface area (TPSA) is 53.1 Å². The fourth-order valence-corrected chi connectivity index (χ4v) is 3.62. The number of rotatable bonds is 3. The number of nitrogens with zero attached hydrogens (tertiary/aromatic N) is 3. The highest BCUT2D eigenvalue weighted by molar-refractivity contribution is 5.88. The molecule has 0 radical (unpaired) electrons. The molecule has 29 heavy (non-hydrogen) atoms. The van der Waals surface area contributed by atoms with E-state index in [0.29, 0.717) is 12.1 Å². The smallest absolute Gasteiger partial charge is 0.157 e. The van der Waals surface area contributed by atoms with Gasteiger partial charge in [-0.3, -0.25) is 0 Å². The first kappa shape index (κ1) is 17.0. The van der Waals surface area contributed by atoms with Gasteiger partial charge in [0.2, 0.25) is 0 Å². The number of para-hydroxylation sites is 2. The quantitative estimate of drug-likeness (QED) is 0.438. The van der Waals surface area contributed by atoms with Gasteiger partial charge in [0, 0.05) is 23.0 Å². The predicted octanol–water partition coefficient (Wildman–Crippen LogP) is 6.04. The van der Waals surface area contributed by atoms with Crippen LogP contribution in [0.15, 0.2) is 83.4 Å². The molecule has 0 aliphatic carbocycles. The molecule has 4 aromatic rings. The Morgan fingerprint density at radius 2 is 1.45 bits per heavy atom. The fraction of sp³-hybridized carbons (Fsp3) is 0.0400. The van der Waals surface area contributed by atoms with Crippen molar-refractivity contribution in [1.82, 2.24) is 5.16 Å². The first-order valence-corrected chi connectivity index (χ1v) is 9.42. The Hall–Kier alpha value is -4.10. The number of hydrogen-bond donors (Lipinski definition) is 0. The molecular weight excluding hydrogens is 358 g/mol. The third kappa shape index (κ3) is 3.19. The van der Waals surface area contributed by atoms with E-state index in [1.807, 2.05) is 18.2 Å². The average molecular weight is 375 g/mol. The minimum Gasteiger partial charge on any atom is -0.359 e.